The third kappa shape index (κ3) is 4.73. The Labute approximate surface area is 221 Å². The molecular weight excluding hydrogens is 470 g/mol. The standard InChI is InChI=1S/C30H45NO6/c1-28(2,3)37-27(35)31-14-6-7-18(17-31)26(34)36-19-10-12-29(4)22-11-13-30(5)21(8-9-25(30)33)20(22)16-24(32)23(29)15-19/h18-23H,6-17H2,1-5H3/t18-,19+,20+,21+,22+,23+,29-,30+/m1/s1. The van der Waals surface area contributed by atoms with Gasteiger partial charge in [0.1, 0.15) is 23.3 Å². The van der Waals surface area contributed by atoms with Crippen molar-refractivity contribution in [3.8, 4) is 0 Å². The third-order valence-electron chi connectivity index (χ3n) is 10.8. The Morgan fingerprint density at radius 2 is 1.76 bits per heavy atom. The molecule has 1 amide bonds. The van der Waals surface area contributed by atoms with E-state index in [-0.39, 0.29) is 40.8 Å². The summed E-state index contributed by atoms with van der Waals surface area (Å²) in [7, 11) is 0. The number of likely N-dealkylation sites (tertiary alicyclic amines) is 1. The molecule has 0 aromatic rings. The molecule has 37 heavy (non-hydrogen) atoms. The number of ketones is 2. The SMILES string of the molecule is CC(C)(C)OC(=O)N1CCC[C@@H](C(=O)O[C@H]2CC[C@@]3(C)[C@@H](C2)C(=O)C[C@@H]2[C@@H]3CC[C@]3(C)C(=O)CC[C@@H]23)C1. The molecule has 1 heterocycles. The summed E-state index contributed by atoms with van der Waals surface area (Å²) >= 11 is 0. The van der Waals surface area contributed by atoms with E-state index >= 15 is 0 Å². The number of ether oxygens (including phenoxy) is 2. The molecule has 8 atom stereocenters. The molecule has 7 nitrogen and oxygen atoms in total. The maximum Gasteiger partial charge on any atom is 0.410 e. The van der Waals surface area contributed by atoms with E-state index in [1.807, 2.05) is 20.8 Å². The van der Waals surface area contributed by atoms with Crippen LogP contribution in [-0.2, 0) is 23.9 Å². The highest BCUT2D eigenvalue weighted by Gasteiger charge is 2.62. The van der Waals surface area contributed by atoms with E-state index in [9.17, 15) is 19.2 Å². The fourth-order valence-electron chi connectivity index (χ4n) is 8.81. The average molecular weight is 516 g/mol. The van der Waals surface area contributed by atoms with E-state index in [4.69, 9.17) is 9.47 Å². The molecule has 7 heteroatoms. The highest BCUT2D eigenvalue weighted by Crippen LogP contribution is 2.64. The second-order valence-corrected chi connectivity index (χ2v) is 14.1. The Hall–Kier alpha value is -1.92. The molecule has 1 aliphatic heterocycles. The first-order chi connectivity index (χ1) is 17.3. The zero-order valence-corrected chi connectivity index (χ0v) is 23.3. The van der Waals surface area contributed by atoms with Crippen LogP contribution < -0.4 is 0 Å². The molecule has 0 bridgehead atoms. The van der Waals surface area contributed by atoms with Gasteiger partial charge in [0, 0.05) is 37.3 Å². The smallest absolute Gasteiger partial charge is 0.410 e. The highest BCUT2D eigenvalue weighted by molar-refractivity contribution is 5.88. The third-order valence-corrected chi connectivity index (χ3v) is 10.8. The summed E-state index contributed by atoms with van der Waals surface area (Å²) in [4.78, 5) is 53.5. The van der Waals surface area contributed by atoms with Gasteiger partial charge in [-0.1, -0.05) is 13.8 Å². The minimum absolute atomic E-state index is 0.0752. The molecule has 0 radical (unpaired) electrons. The van der Waals surface area contributed by atoms with Crippen molar-refractivity contribution in [3.63, 3.8) is 0 Å². The van der Waals surface area contributed by atoms with Gasteiger partial charge in [0.15, 0.2) is 0 Å². The lowest BCUT2D eigenvalue weighted by Gasteiger charge is -2.59. The zero-order valence-electron chi connectivity index (χ0n) is 23.3. The van der Waals surface area contributed by atoms with E-state index in [1.165, 1.54) is 0 Å². The van der Waals surface area contributed by atoms with E-state index in [2.05, 4.69) is 13.8 Å². The molecular formula is C30H45NO6. The van der Waals surface area contributed by atoms with Crippen molar-refractivity contribution in [2.24, 2.45) is 40.4 Å². The summed E-state index contributed by atoms with van der Waals surface area (Å²) in [5.74, 6) is 1.16. The van der Waals surface area contributed by atoms with Crippen LogP contribution in [0.5, 0.6) is 0 Å². The summed E-state index contributed by atoms with van der Waals surface area (Å²) in [6.07, 6.45) is 7.24. The van der Waals surface area contributed by atoms with Gasteiger partial charge in [-0.15, -0.1) is 0 Å². The van der Waals surface area contributed by atoms with Crippen molar-refractivity contribution in [2.75, 3.05) is 13.1 Å². The quantitative estimate of drug-likeness (QED) is 0.462. The summed E-state index contributed by atoms with van der Waals surface area (Å²) < 4.78 is 11.5. The molecule has 5 rings (SSSR count). The number of hydrogen-bond donors (Lipinski definition) is 0. The van der Waals surface area contributed by atoms with Crippen molar-refractivity contribution in [1.29, 1.82) is 0 Å². The first-order valence-corrected chi connectivity index (χ1v) is 14.6. The maximum absolute atomic E-state index is 13.5. The van der Waals surface area contributed by atoms with Crippen LogP contribution in [0, 0.1) is 40.4 Å². The van der Waals surface area contributed by atoms with Crippen molar-refractivity contribution in [1.82, 2.24) is 4.90 Å². The van der Waals surface area contributed by atoms with Crippen LogP contribution in [0.2, 0.25) is 0 Å². The van der Waals surface area contributed by atoms with E-state index in [0.717, 1.165) is 38.5 Å². The lowest BCUT2D eigenvalue weighted by Crippen LogP contribution is -2.57. The molecule has 4 saturated carbocycles. The van der Waals surface area contributed by atoms with Crippen LogP contribution in [0.25, 0.3) is 0 Å². The van der Waals surface area contributed by atoms with Gasteiger partial charge in [-0.2, -0.15) is 0 Å². The number of fused-ring (bicyclic) bond motifs is 5. The molecule has 0 N–H and O–H groups in total. The number of Topliss-reactive ketones (excluding diaryl/α,β-unsaturated/α-hetero) is 2. The Balaban J connectivity index is 1.21. The van der Waals surface area contributed by atoms with Gasteiger partial charge in [-0.25, -0.2) is 4.79 Å². The summed E-state index contributed by atoms with van der Waals surface area (Å²) in [5, 5.41) is 0. The fraction of sp³-hybridized carbons (Fsp3) is 0.867. The van der Waals surface area contributed by atoms with Crippen LogP contribution in [0.4, 0.5) is 4.79 Å². The molecule has 0 spiro atoms. The lowest BCUT2D eigenvalue weighted by molar-refractivity contribution is -0.173. The van der Waals surface area contributed by atoms with E-state index < -0.39 is 5.60 Å². The van der Waals surface area contributed by atoms with Crippen molar-refractivity contribution < 1.29 is 28.7 Å². The molecule has 5 aliphatic rings. The zero-order chi connectivity index (χ0) is 26.8. The minimum atomic E-state index is -0.574. The first kappa shape index (κ1) is 26.7. The molecule has 4 aliphatic carbocycles. The first-order valence-electron chi connectivity index (χ1n) is 14.6. The Morgan fingerprint density at radius 1 is 1.00 bits per heavy atom. The highest BCUT2D eigenvalue weighted by atomic mass is 16.6. The minimum Gasteiger partial charge on any atom is -0.462 e. The van der Waals surface area contributed by atoms with Crippen molar-refractivity contribution in [3.05, 3.63) is 0 Å². The summed E-state index contributed by atoms with van der Waals surface area (Å²) in [5.41, 5.74) is -0.881. The number of rotatable bonds is 2. The largest absolute Gasteiger partial charge is 0.462 e. The van der Waals surface area contributed by atoms with Gasteiger partial charge in [-0.05, 0) is 95.3 Å². The molecule has 206 valence electrons. The Morgan fingerprint density at radius 3 is 2.49 bits per heavy atom. The van der Waals surface area contributed by atoms with E-state index in [1.54, 1.807) is 4.90 Å². The van der Waals surface area contributed by atoms with Gasteiger partial charge in [0.05, 0.1) is 5.92 Å². The molecule has 5 fully saturated rings. The van der Waals surface area contributed by atoms with Crippen LogP contribution in [-0.4, -0.2) is 53.3 Å². The topological polar surface area (TPSA) is 90.0 Å². The predicted octanol–water partition coefficient (Wildman–Crippen LogP) is 5.34. The Bertz CT molecular complexity index is 970. The van der Waals surface area contributed by atoms with E-state index in [0.29, 0.717) is 68.1 Å². The monoisotopic (exact) mass is 515 g/mol. The van der Waals surface area contributed by atoms with Crippen molar-refractivity contribution in [2.45, 2.75) is 111 Å². The second kappa shape index (κ2) is 9.37. The number of hydrogen-bond acceptors (Lipinski definition) is 6. The number of esters is 1. The number of piperidine rings is 1. The average Bonchev–Trinajstić information content (AvgIpc) is 3.13. The summed E-state index contributed by atoms with van der Waals surface area (Å²) in [6, 6.07) is 0. The predicted molar refractivity (Wildman–Crippen MR) is 138 cm³/mol. The van der Waals surface area contributed by atoms with Crippen LogP contribution in [0.15, 0.2) is 0 Å². The number of amides is 1. The van der Waals surface area contributed by atoms with Gasteiger partial charge in [-0.3, -0.25) is 14.4 Å². The second-order valence-electron chi connectivity index (χ2n) is 14.1. The van der Waals surface area contributed by atoms with Gasteiger partial charge >= 0.3 is 12.1 Å². The van der Waals surface area contributed by atoms with Gasteiger partial charge in [0.2, 0.25) is 0 Å². The van der Waals surface area contributed by atoms with Gasteiger partial charge < -0.3 is 14.4 Å². The van der Waals surface area contributed by atoms with Crippen LogP contribution in [0.1, 0.15) is 98.8 Å². The summed E-state index contributed by atoms with van der Waals surface area (Å²) in [6.45, 7) is 10.9. The number of carbonyl (C=O) groups excluding carboxylic acids is 4. The number of carbonyl (C=O) groups is 4. The normalized spacial score (nSPS) is 41.9. The molecule has 0 unspecified atom stereocenters. The van der Waals surface area contributed by atoms with Crippen LogP contribution >= 0.6 is 0 Å². The molecule has 0 aromatic heterocycles. The Kier molecular flexibility index (Phi) is 6.76. The van der Waals surface area contributed by atoms with Gasteiger partial charge in [0.25, 0.3) is 0 Å². The maximum atomic E-state index is 13.5. The van der Waals surface area contributed by atoms with Crippen LogP contribution in [0.3, 0.4) is 0 Å². The van der Waals surface area contributed by atoms with Crippen molar-refractivity contribution >= 4 is 23.6 Å². The fourth-order valence-corrected chi connectivity index (χ4v) is 8.81. The molecule has 1 saturated heterocycles. The molecule has 0 aromatic carbocycles. The number of nitrogens with zero attached hydrogens (tertiary/aromatic N) is 1. The lowest BCUT2D eigenvalue weighted by atomic mass is 9.45.